The number of carbonyl (C=O) groups excluding carboxylic acids is 1. The molecular weight excluding hydrogens is 284 g/mol. The zero-order valence-electron chi connectivity index (χ0n) is 12.2. The number of nitrogens with zero attached hydrogens (tertiary/aromatic N) is 3. The largest absolute Gasteiger partial charge is 0.353 e. The first kappa shape index (κ1) is 14.7. The van der Waals surface area contributed by atoms with Crippen LogP contribution in [-0.2, 0) is 4.79 Å². The monoisotopic (exact) mass is 306 g/mol. The van der Waals surface area contributed by atoms with Crippen molar-refractivity contribution in [2.75, 3.05) is 49.1 Å². The second-order valence-electron chi connectivity index (χ2n) is 5.49. The number of hydrogen-bond donors (Lipinski definition) is 1. The van der Waals surface area contributed by atoms with E-state index in [1.807, 2.05) is 41.1 Å². The average molecular weight is 306 g/mol. The number of nitrogens with one attached hydrogen (secondary N) is 1. The summed E-state index contributed by atoms with van der Waals surface area (Å²) in [6.07, 6.45) is 2.45. The predicted octanol–water partition coefficient (Wildman–Crippen LogP) is 0.825. The molecule has 1 unspecified atom stereocenters. The Morgan fingerprint density at radius 1 is 1.33 bits per heavy atom. The Bertz CT molecular complexity index is 456. The number of rotatable bonds is 3. The van der Waals surface area contributed by atoms with Crippen LogP contribution in [0.3, 0.4) is 0 Å². The van der Waals surface area contributed by atoms with Crippen LogP contribution in [0.4, 0.5) is 5.82 Å². The zero-order chi connectivity index (χ0) is 14.5. The molecule has 1 N–H and O–H groups in total. The van der Waals surface area contributed by atoms with Crippen LogP contribution < -0.4 is 10.2 Å². The Balaban J connectivity index is 1.47. The Hall–Kier alpha value is -1.27. The Morgan fingerprint density at radius 2 is 2.19 bits per heavy atom. The molecule has 0 spiro atoms. The summed E-state index contributed by atoms with van der Waals surface area (Å²) in [6.45, 7) is 4.37. The SMILES string of the molecule is O=C(CC1CSCCN1)N1CCN(c2ccccn2)CC1. The smallest absolute Gasteiger partial charge is 0.224 e. The van der Waals surface area contributed by atoms with Crippen molar-refractivity contribution < 1.29 is 4.79 Å². The Morgan fingerprint density at radius 3 is 2.86 bits per heavy atom. The van der Waals surface area contributed by atoms with Gasteiger partial charge < -0.3 is 15.1 Å². The normalized spacial score (nSPS) is 23.1. The van der Waals surface area contributed by atoms with Crippen molar-refractivity contribution in [1.82, 2.24) is 15.2 Å². The van der Waals surface area contributed by atoms with Crippen LogP contribution in [0.25, 0.3) is 0 Å². The number of amides is 1. The molecule has 6 heteroatoms. The molecule has 5 nitrogen and oxygen atoms in total. The number of carbonyl (C=O) groups is 1. The maximum absolute atomic E-state index is 12.4. The number of pyridine rings is 1. The minimum absolute atomic E-state index is 0.288. The van der Waals surface area contributed by atoms with E-state index in [-0.39, 0.29) is 5.91 Å². The maximum atomic E-state index is 12.4. The molecule has 1 aromatic rings. The number of aromatic nitrogens is 1. The highest BCUT2D eigenvalue weighted by Gasteiger charge is 2.24. The lowest BCUT2D eigenvalue weighted by Crippen LogP contribution is -2.51. The van der Waals surface area contributed by atoms with Crippen LogP contribution in [0, 0.1) is 0 Å². The topological polar surface area (TPSA) is 48.5 Å². The molecule has 1 aromatic heterocycles. The van der Waals surface area contributed by atoms with Gasteiger partial charge >= 0.3 is 0 Å². The van der Waals surface area contributed by atoms with Crippen molar-refractivity contribution in [3.8, 4) is 0 Å². The molecule has 0 saturated carbocycles. The molecule has 0 radical (unpaired) electrons. The molecule has 0 bridgehead atoms. The zero-order valence-corrected chi connectivity index (χ0v) is 13.0. The van der Waals surface area contributed by atoms with Crippen molar-refractivity contribution in [1.29, 1.82) is 0 Å². The van der Waals surface area contributed by atoms with Crippen molar-refractivity contribution in [2.45, 2.75) is 12.5 Å². The standard InChI is InChI=1S/C15H22N4OS/c20-15(11-13-12-21-10-5-16-13)19-8-6-18(7-9-19)14-3-1-2-4-17-14/h1-4,13,16H,5-12H2. The van der Waals surface area contributed by atoms with E-state index >= 15 is 0 Å². The minimum Gasteiger partial charge on any atom is -0.353 e. The highest BCUT2D eigenvalue weighted by Crippen LogP contribution is 2.15. The van der Waals surface area contributed by atoms with Gasteiger partial charge in [-0.15, -0.1) is 0 Å². The summed E-state index contributed by atoms with van der Waals surface area (Å²) < 4.78 is 0. The first-order chi connectivity index (χ1) is 10.3. The minimum atomic E-state index is 0.288. The van der Waals surface area contributed by atoms with E-state index in [1.165, 1.54) is 0 Å². The van der Waals surface area contributed by atoms with Gasteiger partial charge in [-0.05, 0) is 12.1 Å². The molecule has 3 heterocycles. The summed E-state index contributed by atoms with van der Waals surface area (Å²) in [4.78, 5) is 21.0. The Labute approximate surface area is 130 Å². The highest BCUT2D eigenvalue weighted by atomic mass is 32.2. The third kappa shape index (κ3) is 3.89. The van der Waals surface area contributed by atoms with E-state index in [4.69, 9.17) is 0 Å². The molecule has 1 amide bonds. The fourth-order valence-electron chi connectivity index (χ4n) is 2.82. The fraction of sp³-hybridized carbons (Fsp3) is 0.600. The Kier molecular flexibility index (Phi) is 4.98. The maximum Gasteiger partial charge on any atom is 0.224 e. The summed E-state index contributed by atoms with van der Waals surface area (Å²) in [7, 11) is 0. The van der Waals surface area contributed by atoms with Crippen molar-refractivity contribution in [3.63, 3.8) is 0 Å². The summed E-state index contributed by atoms with van der Waals surface area (Å²) >= 11 is 1.94. The third-order valence-corrected chi connectivity index (χ3v) is 5.16. The molecule has 2 aliphatic rings. The predicted molar refractivity (Wildman–Crippen MR) is 86.8 cm³/mol. The van der Waals surface area contributed by atoms with E-state index in [0.29, 0.717) is 12.5 Å². The quantitative estimate of drug-likeness (QED) is 0.896. The molecule has 21 heavy (non-hydrogen) atoms. The lowest BCUT2D eigenvalue weighted by molar-refractivity contribution is -0.131. The van der Waals surface area contributed by atoms with Gasteiger partial charge in [0.15, 0.2) is 0 Å². The summed E-state index contributed by atoms with van der Waals surface area (Å²) in [6, 6.07) is 6.32. The van der Waals surface area contributed by atoms with Crippen LogP contribution >= 0.6 is 11.8 Å². The molecule has 0 aromatic carbocycles. The van der Waals surface area contributed by atoms with E-state index in [0.717, 1.165) is 50.0 Å². The average Bonchev–Trinajstić information content (AvgIpc) is 2.57. The van der Waals surface area contributed by atoms with Crippen LogP contribution in [0.15, 0.2) is 24.4 Å². The second kappa shape index (κ2) is 7.13. The lowest BCUT2D eigenvalue weighted by atomic mass is 10.2. The summed E-state index contributed by atoms with van der Waals surface area (Å²) in [5.74, 6) is 3.51. The van der Waals surface area contributed by atoms with E-state index in [9.17, 15) is 4.79 Å². The lowest BCUT2D eigenvalue weighted by Gasteiger charge is -2.36. The first-order valence-corrected chi connectivity index (χ1v) is 8.73. The molecule has 1 atom stereocenters. The van der Waals surface area contributed by atoms with E-state index in [2.05, 4.69) is 15.2 Å². The highest BCUT2D eigenvalue weighted by molar-refractivity contribution is 7.99. The number of thioether (sulfide) groups is 1. The van der Waals surface area contributed by atoms with E-state index in [1.54, 1.807) is 0 Å². The molecule has 2 saturated heterocycles. The molecule has 3 rings (SSSR count). The second-order valence-corrected chi connectivity index (χ2v) is 6.64. The number of hydrogen-bond acceptors (Lipinski definition) is 5. The van der Waals surface area contributed by atoms with Crippen molar-refractivity contribution >= 4 is 23.5 Å². The number of piperazine rings is 1. The molecule has 2 aliphatic heterocycles. The number of anilines is 1. The van der Waals surface area contributed by atoms with Gasteiger partial charge in [0.2, 0.25) is 5.91 Å². The molecule has 2 fully saturated rings. The van der Waals surface area contributed by atoms with Gasteiger partial charge in [0.1, 0.15) is 5.82 Å². The van der Waals surface area contributed by atoms with Gasteiger partial charge in [-0.1, -0.05) is 6.07 Å². The third-order valence-electron chi connectivity index (χ3n) is 4.03. The van der Waals surface area contributed by atoms with E-state index < -0.39 is 0 Å². The molecular formula is C15H22N4OS. The van der Waals surface area contributed by atoms with Crippen LogP contribution in [0.5, 0.6) is 0 Å². The van der Waals surface area contributed by atoms with Crippen LogP contribution in [0.1, 0.15) is 6.42 Å². The van der Waals surface area contributed by atoms with Gasteiger partial charge in [-0.25, -0.2) is 4.98 Å². The van der Waals surface area contributed by atoms with Gasteiger partial charge in [-0.2, -0.15) is 11.8 Å². The van der Waals surface area contributed by atoms with Gasteiger partial charge in [-0.3, -0.25) is 4.79 Å². The van der Waals surface area contributed by atoms with Crippen LogP contribution in [-0.4, -0.2) is 66.1 Å². The summed E-state index contributed by atoms with van der Waals surface area (Å²) in [5, 5.41) is 3.43. The fourth-order valence-corrected chi connectivity index (χ4v) is 3.77. The first-order valence-electron chi connectivity index (χ1n) is 7.58. The molecule has 0 aliphatic carbocycles. The van der Waals surface area contributed by atoms with Gasteiger partial charge in [0.25, 0.3) is 0 Å². The van der Waals surface area contributed by atoms with Gasteiger partial charge in [0, 0.05) is 62.9 Å². The summed E-state index contributed by atoms with van der Waals surface area (Å²) in [5.41, 5.74) is 0. The van der Waals surface area contributed by atoms with Crippen LogP contribution in [0.2, 0.25) is 0 Å². The van der Waals surface area contributed by atoms with Gasteiger partial charge in [0.05, 0.1) is 0 Å². The van der Waals surface area contributed by atoms with Crippen molar-refractivity contribution in [3.05, 3.63) is 24.4 Å². The molecule has 114 valence electrons. The van der Waals surface area contributed by atoms with Crippen molar-refractivity contribution in [2.24, 2.45) is 0 Å².